The summed E-state index contributed by atoms with van der Waals surface area (Å²) in [6.45, 7) is 3.96. The van der Waals surface area contributed by atoms with E-state index in [1.165, 1.54) is 22.3 Å². The number of aromatic nitrogens is 2. The molecule has 6 rings (SSSR count). The summed E-state index contributed by atoms with van der Waals surface area (Å²) in [5, 5.41) is 2.89. The Morgan fingerprint density at radius 3 is 2.26 bits per heavy atom. The zero-order valence-corrected chi connectivity index (χ0v) is 17.3. The van der Waals surface area contributed by atoms with E-state index in [9.17, 15) is 4.79 Å². The fourth-order valence-corrected chi connectivity index (χ4v) is 4.89. The number of nitrogens with zero attached hydrogens (tertiary/aromatic N) is 2. The third-order valence-electron chi connectivity index (χ3n) is 6.76. The second-order valence-electron chi connectivity index (χ2n) is 8.51. The number of fused-ring (bicyclic) bond motifs is 2. The van der Waals surface area contributed by atoms with Crippen LogP contribution in [0.2, 0.25) is 0 Å². The number of hydrogen-bond donors (Lipinski definition) is 2. The number of carbonyl (C=O) groups excluding carboxylic acids is 1. The predicted octanol–water partition coefficient (Wildman–Crippen LogP) is 4.27. The first-order chi connectivity index (χ1) is 15.0. The van der Waals surface area contributed by atoms with Gasteiger partial charge in [0, 0.05) is 25.5 Å². The third-order valence-corrected chi connectivity index (χ3v) is 6.76. The Labute approximate surface area is 180 Å². The van der Waals surface area contributed by atoms with Gasteiger partial charge in [-0.3, -0.25) is 4.79 Å². The molecule has 152 valence electrons. The molecule has 4 aromatic rings. The van der Waals surface area contributed by atoms with E-state index in [0.29, 0.717) is 18.7 Å². The molecule has 0 saturated carbocycles. The van der Waals surface area contributed by atoms with Crippen LogP contribution in [-0.4, -0.2) is 33.4 Å². The van der Waals surface area contributed by atoms with Crippen LogP contribution in [0.15, 0.2) is 79.1 Å². The van der Waals surface area contributed by atoms with Gasteiger partial charge in [-0.1, -0.05) is 61.2 Å². The van der Waals surface area contributed by atoms with Gasteiger partial charge in [-0.2, -0.15) is 0 Å². The van der Waals surface area contributed by atoms with Gasteiger partial charge in [0.25, 0.3) is 5.91 Å². The van der Waals surface area contributed by atoms with E-state index in [1.54, 1.807) is 0 Å². The number of hydrogen-bond acceptors (Lipinski definition) is 3. The second-order valence-corrected chi connectivity index (χ2v) is 8.51. The first-order valence-electron chi connectivity index (χ1n) is 10.5. The Kier molecular flexibility index (Phi) is 3.66. The van der Waals surface area contributed by atoms with Gasteiger partial charge in [-0.05, 0) is 34.4 Å². The number of nitrogens with one attached hydrogen (secondary N) is 2. The van der Waals surface area contributed by atoms with Crippen molar-refractivity contribution in [2.75, 3.05) is 7.05 Å². The molecule has 1 atom stereocenters. The molecule has 2 heterocycles. The summed E-state index contributed by atoms with van der Waals surface area (Å²) in [7, 11) is 1.94. The summed E-state index contributed by atoms with van der Waals surface area (Å²) < 4.78 is 0. The van der Waals surface area contributed by atoms with Crippen molar-refractivity contribution in [2.24, 2.45) is 0 Å². The molecule has 31 heavy (non-hydrogen) atoms. The fourth-order valence-electron chi connectivity index (χ4n) is 4.89. The number of H-pyrrole nitrogens is 1. The molecule has 1 aliphatic carbocycles. The van der Waals surface area contributed by atoms with Gasteiger partial charge in [0.15, 0.2) is 0 Å². The summed E-state index contributed by atoms with van der Waals surface area (Å²) in [5.74, 6) is 1.56. The van der Waals surface area contributed by atoms with Gasteiger partial charge >= 0.3 is 0 Å². The third kappa shape index (κ3) is 2.63. The number of aromatic amines is 1. The van der Waals surface area contributed by atoms with E-state index in [0.717, 1.165) is 22.4 Å². The normalized spacial score (nSPS) is 16.9. The van der Waals surface area contributed by atoms with Crippen molar-refractivity contribution < 1.29 is 4.79 Å². The molecule has 3 aromatic carbocycles. The maximum Gasteiger partial charge on any atom is 0.252 e. The minimum absolute atomic E-state index is 0.0343. The van der Waals surface area contributed by atoms with Crippen molar-refractivity contribution in [3.63, 3.8) is 0 Å². The lowest BCUT2D eigenvalue weighted by Crippen LogP contribution is -2.47. The number of likely N-dealkylation sites (N-methyl/N-ethyl adjacent to an activating group) is 1. The first kappa shape index (κ1) is 18.0. The lowest BCUT2D eigenvalue weighted by molar-refractivity contribution is -0.125. The van der Waals surface area contributed by atoms with Crippen molar-refractivity contribution in [1.29, 1.82) is 0 Å². The lowest BCUT2D eigenvalue weighted by Gasteiger charge is -2.29. The molecule has 1 aromatic heterocycles. The molecule has 0 bridgehead atoms. The van der Waals surface area contributed by atoms with E-state index >= 15 is 0 Å². The smallest absolute Gasteiger partial charge is 0.252 e. The lowest BCUT2D eigenvalue weighted by atomic mass is 9.94. The number of imidazole rings is 1. The zero-order chi connectivity index (χ0) is 21.2. The van der Waals surface area contributed by atoms with Gasteiger partial charge in [0.05, 0.1) is 11.0 Å². The molecule has 1 fully saturated rings. The van der Waals surface area contributed by atoms with Crippen molar-refractivity contribution in [1.82, 2.24) is 20.2 Å². The molecule has 0 radical (unpaired) electrons. The quantitative estimate of drug-likeness (QED) is 0.523. The van der Waals surface area contributed by atoms with Crippen molar-refractivity contribution in [3.8, 4) is 22.5 Å². The average molecular weight is 406 g/mol. The molecular formula is C26H22N4O. The molecule has 1 spiro atoms. The Balaban J connectivity index is 1.33. The number of benzene rings is 3. The number of amides is 1. The first-order valence-corrected chi connectivity index (χ1v) is 10.5. The van der Waals surface area contributed by atoms with Gasteiger partial charge in [0.2, 0.25) is 0 Å². The Morgan fingerprint density at radius 1 is 0.935 bits per heavy atom. The van der Waals surface area contributed by atoms with E-state index in [-0.39, 0.29) is 5.91 Å². The van der Waals surface area contributed by atoms with Crippen molar-refractivity contribution >= 4 is 16.9 Å². The molecule has 2 aliphatic rings. The van der Waals surface area contributed by atoms with Crippen LogP contribution in [0.3, 0.4) is 0 Å². The standard InChI is InChI=1S/C26H22N4O/c1-16-27-25(31)26(30(16)2)14-20-12-22-23(13-21(20)15-26)29-24(28-22)19-10-8-18(9-11-19)17-6-4-3-5-7-17/h3-13H,1,14-15H2,2H3,(H,27,31)(H,28,29). The average Bonchev–Trinajstić information content (AvgIpc) is 3.43. The fraction of sp³-hybridized carbons (Fsp3) is 0.154. The predicted molar refractivity (Wildman–Crippen MR) is 122 cm³/mol. The Hall–Kier alpha value is -3.86. The van der Waals surface area contributed by atoms with Gasteiger partial charge < -0.3 is 15.2 Å². The highest BCUT2D eigenvalue weighted by atomic mass is 16.2. The highest BCUT2D eigenvalue weighted by molar-refractivity contribution is 5.93. The summed E-state index contributed by atoms with van der Waals surface area (Å²) in [5.41, 5.74) is 7.18. The van der Waals surface area contributed by atoms with E-state index in [1.807, 2.05) is 18.0 Å². The van der Waals surface area contributed by atoms with Crippen LogP contribution in [0, 0.1) is 0 Å². The Bertz CT molecular complexity index is 1310. The van der Waals surface area contributed by atoms with E-state index in [4.69, 9.17) is 4.98 Å². The van der Waals surface area contributed by atoms with Crippen LogP contribution >= 0.6 is 0 Å². The zero-order valence-electron chi connectivity index (χ0n) is 17.3. The molecule has 5 heteroatoms. The topological polar surface area (TPSA) is 61.0 Å². The number of carbonyl (C=O) groups is 1. The van der Waals surface area contributed by atoms with Crippen LogP contribution in [0.5, 0.6) is 0 Å². The Morgan fingerprint density at radius 2 is 1.58 bits per heavy atom. The maximum absolute atomic E-state index is 12.7. The van der Waals surface area contributed by atoms with Gasteiger partial charge in [-0.15, -0.1) is 0 Å². The van der Waals surface area contributed by atoms with Crippen molar-refractivity contribution in [3.05, 3.63) is 90.3 Å². The summed E-state index contributed by atoms with van der Waals surface area (Å²) in [6.07, 6.45) is 1.35. The monoisotopic (exact) mass is 406 g/mol. The highest BCUT2D eigenvalue weighted by Gasteiger charge is 2.52. The van der Waals surface area contributed by atoms with Crippen LogP contribution in [0.25, 0.3) is 33.5 Å². The van der Waals surface area contributed by atoms with Crippen LogP contribution < -0.4 is 5.32 Å². The van der Waals surface area contributed by atoms with Gasteiger partial charge in [0.1, 0.15) is 17.2 Å². The van der Waals surface area contributed by atoms with E-state index in [2.05, 4.69) is 77.5 Å². The summed E-state index contributed by atoms with van der Waals surface area (Å²) in [6, 6.07) is 23.1. The highest BCUT2D eigenvalue weighted by Crippen LogP contribution is 2.40. The van der Waals surface area contributed by atoms with Crippen molar-refractivity contribution in [2.45, 2.75) is 18.4 Å². The summed E-state index contributed by atoms with van der Waals surface area (Å²) in [4.78, 5) is 22.9. The number of rotatable bonds is 2. The van der Waals surface area contributed by atoms with E-state index < -0.39 is 5.54 Å². The van der Waals surface area contributed by atoms with Crippen LogP contribution in [0.1, 0.15) is 11.1 Å². The van der Waals surface area contributed by atoms with Gasteiger partial charge in [-0.25, -0.2) is 4.98 Å². The molecular weight excluding hydrogens is 384 g/mol. The SMILES string of the molecule is C=C1NC(=O)C2(Cc3cc4nc(-c5ccc(-c6ccccc6)cc5)[nH]c4cc3C2)N1C. The van der Waals surface area contributed by atoms with Crippen LogP contribution in [-0.2, 0) is 17.6 Å². The minimum Gasteiger partial charge on any atom is -0.346 e. The molecule has 1 amide bonds. The molecule has 2 N–H and O–H groups in total. The van der Waals surface area contributed by atoms with Crippen LogP contribution in [0.4, 0.5) is 0 Å². The minimum atomic E-state index is -0.561. The maximum atomic E-state index is 12.7. The second kappa shape index (κ2) is 6.32. The summed E-state index contributed by atoms with van der Waals surface area (Å²) >= 11 is 0. The molecule has 5 nitrogen and oxygen atoms in total. The molecule has 1 saturated heterocycles. The molecule has 1 unspecified atom stereocenters. The molecule has 1 aliphatic heterocycles. The largest absolute Gasteiger partial charge is 0.346 e.